The van der Waals surface area contributed by atoms with E-state index in [0.717, 1.165) is 28.9 Å². The van der Waals surface area contributed by atoms with Crippen molar-refractivity contribution in [1.29, 1.82) is 0 Å². The third-order valence-corrected chi connectivity index (χ3v) is 3.82. The summed E-state index contributed by atoms with van der Waals surface area (Å²) in [7, 11) is 0. The Kier molecular flexibility index (Phi) is 2.83. The SMILES string of the molecule is Cc1cccc(C(C)(O)c2cccc3c2OCC3)c1. The minimum absolute atomic E-state index is 0.705. The number of hydrogen-bond donors (Lipinski definition) is 1. The molecule has 1 aliphatic heterocycles. The Labute approximate surface area is 113 Å². The van der Waals surface area contributed by atoms with Crippen LogP contribution in [0.25, 0.3) is 0 Å². The van der Waals surface area contributed by atoms with E-state index < -0.39 is 5.60 Å². The number of para-hydroxylation sites is 1. The first-order valence-electron chi connectivity index (χ1n) is 6.64. The predicted octanol–water partition coefficient (Wildman–Crippen LogP) is 3.19. The summed E-state index contributed by atoms with van der Waals surface area (Å²) < 4.78 is 5.71. The fourth-order valence-electron chi connectivity index (χ4n) is 2.70. The van der Waals surface area contributed by atoms with E-state index in [1.165, 1.54) is 5.56 Å². The molecule has 0 radical (unpaired) electrons. The molecule has 0 fully saturated rings. The normalized spacial score (nSPS) is 16.6. The largest absolute Gasteiger partial charge is 0.493 e. The highest BCUT2D eigenvalue weighted by Gasteiger charge is 2.31. The Bertz CT molecular complexity index is 614. The fourth-order valence-corrected chi connectivity index (χ4v) is 2.70. The first-order chi connectivity index (χ1) is 9.09. The molecule has 0 aromatic heterocycles. The standard InChI is InChI=1S/C17H18O2/c1-12-5-3-7-14(11-12)17(2,18)15-8-4-6-13-9-10-19-16(13)15/h3-8,11,18H,9-10H2,1-2H3. The lowest BCUT2D eigenvalue weighted by Gasteiger charge is -2.26. The van der Waals surface area contributed by atoms with Crippen LogP contribution < -0.4 is 4.74 Å². The van der Waals surface area contributed by atoms with Crippen molar-refractivity contribution in [2.75, 3.05) is 6.61 Å². The molecule has 1 atom stereocenters. The summed E-state index contributed by atoms with van der Waals surface area (Å²) in [4.78, 5) is 0. The van der Waals surface area contributed by atoms with Crippen LogP contribution in [0.5, 0.6) is 5.75 Å². The minimum Gasteiger partial charge on any atom is -0.493 e. The smallest absolute Gasteiger partial charge is 0.129 e. The zero-order valence-electron chi connectivity index (χ0n) is 11.3. The average molecular weight is 254 g/mol. The Morgan fingerprint density at radius 1 is 1.16 bits per heavy atom. The van der Waals surface area contributed by atoms with E-state index in [9.17, 15) is 5.11 Å². The lowest BCUT2D eigenvalue weighted by Crippen LogP contribution is -2.23. The van der Waals surface area contributed by atoms with Gasteiger partial charge in [0.15, 0.2) is 0 Å². The summed E-state index contributed by atoms with van der Waals surface area (Å²) in [5.41, 5.74) is 3.06. The van der Waals surface area contributed by atoms with Gasteiger partial charge in [-0.1, -0.05) is 48.0 Å². The molecule has 1 heterocycles. The number of ether oxygens (including phenoxy) is 1. The predicted molar refractivity (Wildman–Crippen MR) is 75.5 cm³/mol. The zero-order chi connectivity index (χ0) is 13.5. The zero-order valence-corrected chi connectivity index (χ0v) is 11.3. The highest BCUT2D eigenvalue weighted by Crippen LogP contribution is 2.39. The van der Waals surface area contributed by atoms with Gasteiger partial charge in [0.2, 0.25) is 0 Å². The van der Waals surface area contributed by atoms with Gasteiger partial charge in [-0.2, -0.15) is 0 Å². The molecule has 0 aliphatic carbocycles. The van der Waals surface area contributed by atoms with Crippen LogP contribution >= 0.6 is 0 Å². The second-order valence-corrected chi connectivity index (χ2v) is 5.33. The first kappa shape index (κ1) is 12.2. The first-order valence-corrected chi connectivity index (χ1v) is 6.64. The van der Waals surface area contributed by atoms with E-state index in [1.54, 1.807) is 0 Å². The van der Waals surface area contributed by atoms with E-state index in [-0.39, 0.29) is 0 Å². The number of aliphatic hydroxyl groups is 1. The molecule has 1 N–H and O–H groups in total. The molecular formula is C17H18O2. The van der Waals surface area contributed by atoms with Gasteiger partial charge in [-0.3, -0.25) is 0 Å². The van der Waals surface area contributed by atoms with Crippen molar-refractivity contribution in [3.63, 3.8) is 0 Å². The van der Waals surface area contributed by atoms with Crippen molar-refractivity contribution in [2.24, 2.45) is 0 Å². The Morgan fingerprint density at radius 2 is 1.95 bits per heavy atom. The molecule has 1 aliphatic rings. The molecule has 2 heteroatoms. The van der Waals surface area contributed by atoms with Crippen molar-refractivity contribution in [3.05, 3.63) is 64.7 Å². The fraction of sp³-hybridized carbons (Fsp3) is 0.294. The Hall–Kier alpha value is -1.80. The van der Waals surface area contributed by atoms with Crippen molar-refractivity contribution in [3.8, 4) is 5.75 Å². The van der Waals surface area contributed by atoms with E-state index in [2.05, 4.69) is 6.07 Å². The number of aryl methyl sites for hydroxylation is 1. The van der Waals surface area contributed by atoms with Gasteiger partial charge in [0.25, 0.3) is 0 Å². The maximum atomic E-state index is 11.0. The van der Waals surface area contributed by atoms with Crippen molar-refractivity contribution < 1.29 is 9.84 Å². The van der Waals surface area contributed by atoms with E-state index in [1.807, 2.05) is 50.2 Å². The van der Waals surface area contributed by atoms with Crippen molar-refractivity contribution in [2.45, 2.75) is 25.9 Å². The van der Waals surface area contributed by atoms with Gasteiger partial charge < -0.3 is 9.84 Å². The van der Waals surface area contributed by atoms with Gasteiger partial charge in [0.1, 0.15) is 11.4 Å². The van der Waals surface area contributed by atoms with Gasteiger partial charge in [0, 0.05) is 12.0 Å². The lowest BCUT2D eigenvalue weighted by molar-refractivity contribution is 0.0987. The van der Waals surface area contributed by atoms with Gasteiger partial charge in [0.05, 0.1) is 6.61 Å². The van der Waals surface area contributed by atoms with Crippen molar-refractivity contribution in [1.82, 2.24) is 0 Å². The van der Waals surface area contributed by atoms with E-state index in [4.69, 9.17) is 4.74 Å². The third kappa shape index (κ3) is 2.02. The van der Waals surface area contributed by atoms with Gasteiger partial charge in [-0.15, -0.1) is 0 Å². The van der Waals surface area contributed by atoms with Crippen LogP contribution in [-0.4, -0.2) is 11.7 Å². The van der Waals surface area contributed by atoms with Crippen LogP contribution in [0, 0.1) is 6.92 Å². The van der Waals surface area contributed by atoms with Gasteiger partial charge in [-0.05, 0) is 25.0 Å². The van der Waals surface area contributed by atoms with Crippen LogP contribution in [0.15, 0.2) is 42.5 Å². The highest BCUT2D eigenvalue weighted by molar-refractivity contribution is 5.50. The van der Waals surface area contributed by atoms with Crippen LogP contribution in [-0.2, 0) is 12.0 Å². The molecule has 19 heavy (non-hydrogen) atoms. The van der Waals surface area contributed by atoms with Crippen LogP contribution in [0.3, 0.4) is 0 Å². The van der Waals surface area contributed by atoms with Gasteiger partial charge in [-0.25, -0.2) is 0 Å². The molecule has 0 bridgehead atoms. The van der Waals surface area contributed by atoms with E-state index in [0.29, 0.717) is 6.61 Å². The quantitative estimate of drug-likeness (QED) is 0.892. The summed E-state index contributed by atoms with van der Waals surface area (Å²) in [5, 5.41) is 11.0. The summed E-state index contributed by atoms with van der Waals surface area (Å²) in [6.07, 6.45) is 0.924. The monoisotopic (exact) mass is 254 g/mol. The molecule has 2 aromatic rings. The molecule has 3 rings (SSSR count). The minimum atomic E-state index is -1.03. The summed E-state index contributed by atoms with van der Waals surface area (Å²) in [5.74, 6) is 0.856. The maximum Gasteiger partial charge on any atom is 0.129 e. The van der Waals surface area contributed by atoms with E-state index >= 15 is 0 Å². The van der Waals surface area contributed by atoms with Crippen molar-refractivity contribution >= 4 is 0 Å². The second kappa shape index (κ2) is 4.39. The Morgan fingerprint density at radius 3 is 2.74 bits per heavy atom. The molecule has 2 aromatic carbocycles. The molecule has 2 nitrogen and oxygen atoms in total. The van der Waals surface area contributed by atoms with Crippen LogP contribution in [0.1, 0.15) is 29.2 Å². The van der Waals surface area contributed by atoms with Crippen LogP contribution in [0.2, 0.25) is 0 Å². The van der Waals surface area contributed by atoms with Gasteiger partial charge >= 0.3 is 0 Å². The summed E-state index contributed by atoms with van der Waals surface area (Å²) >= 11 is 0. The lowest BCUT2D eigenvalue weighted by atomic mass is 9.86. The molecule has 0 spiro atoms. The molecule has 0 saturated carbocycles. The topological polar surface area (TPSA) is 29.5 Å². The molecule has 98 valence electrons. The Balaban J connectivity index is 2.13. The number of rotatable bonds is 2. The molecule has 0 amide bonds. The van der Waals surface area contributed by atoms with Crippen LogP contribution in [0.4, 0.5) is 0 Å². The maximum absolute atomic E-state index is 11.0. The molecule has 1 unspecified atom stereocenters. The number of hydrogen-bond acceptors (Lipinski definition) is 2. The molecular weight excluding hydrogens is 236 g/mol. The molecule has 0 saturated heterocycles. The second-order valence-electron chi connectivity index (χ2n) is 5.33. The third-order valence-electron chi connectivity index (χ3n) is 3.82. The summed E-state index contributed by atoms with van der Waals surface area (Å²) in [6.45, 7) is 4.57. The summed E-state index contributed by atoms with van der Waals surface area (Å²) in [6, 6.07) is 14.0. The number of benzene rings is 2. The average Bonchev–Trinajstić information content (AvgIpc) is 2.86. The highest BCUT2D eigenvalue weighted by atomic mass is 16.5. The number of fused-ring (bicyclic) bond motifs is 1.